The summed E-state index contributed by atoms with van der Waals surface area (Å²) in [6, 6.07) is 9.08. The lowest BCUT2D eigenvalue weighted by molar-refractivity contribution is -0.114. The lowest BCUT2D eigenvalue weighted by atomic mass is 9.87. The van der Waals surface area contributed by atoms with E-state index in [-0.39, 0.29) is 32.0 Å². The van der Waals surface area contributed by atoms with Crippen molar-refractivity contribution in [2.75, 3.05) is 13.1 Å². The maximum atomic E-state index is 13.8. The van der Waals surface area contributed by atoms with Gasteiger partial charge in [0.2, 0.25) is 0 Å². The van der Waals surface area contributed by atoms with Gasteiger partial charge in [-0.1, -0.05) is 30.3 Å². The summed E-state index contributed by atoms with van der Waals surface area (Å²) >= 11 is 0. The molecule has 1 saturated heterocycles. The minimum absolute atomic E-state index is 0. The summed E-state index contributed by atoms with van der Waals surface area (Å²) in [6.07, 6.45) is -0.690. The number of benzene rings is 1. The van der Waals surface area contributed by atoms with Crippen molar-refractivity contribution in [3.05, 3.63) is 35.9 Å². The second kappa shape index (κ2) is 6.58. The summed E-state index contributed by atoms with van der Waals surface area (Å²) in [5, 5.41) is 0. The van der Waals surface area contributed by atoms with Crippen LogP contribution < -0.4 is 5.73 Å². The Morgan fingerprint density at radius 3 is 2.57 bits per heavy atom. The minimum atomic E-state index is -3.11. The molecule has 1 heterocycles. The van der Waals surface area contributed by atoms with Gasteiger partial charge in [0, 0.05) is 6.54 Å². The van der Waals surface area contributed by atoms with Crippen LogP contribution >= 0.6 is 12.4 Å². The molecular formula is C14H19ClF2N2O2. The fraction of sp³-hybridized carbons (Fsp3) is 0.500. The van der Waals surface area contributed by atoms with Gasteiger partial charge >= 0.3 is 6.09 Å². The normalized spacial score (nSPS) is 24.1. The van der Waals surface area contributed by atoms with Gasteiger partial charge in [-0.3, -0.25) is 0 Å². The molecule has 1 atom stereocenters. The lowest BCUT2D eigenvalue weighted by Gasteiger charge is -2.42. The molecule has 4 nitrogen and oxygen atoms in total. The van der Waals surface area contributed by atoms with Crippen molar-refractivity contribution in [2.45, 2.75) is 31.4 Å². The number of likely N-dealkylation sites (tertiary alicyclic amines) is 1. The number of carbonyl (C=O) groups excluding carboxylic acids is 1. The van der Waals surface area contributed by atoms with E-state index in [1.807, 2.05) is 18.2 Å². The van der Waals surface area contributed by atoms with Gasteiger partial charge < -0.3 is 15.4 Å². The van der Waals surface area contributed by atoms with Gasteiger partial charge in [-0.15, -0.1) is 12.4 Å². The molecule has 1 aromatic carbocycles. The molecule has 118 valence electrons. The lowest BCUT2D eigenvalue weighted by Crippen LogP contribution is -2.64. The number of alkyl halides is 2. The van der Waals surface area contributed by atoms with E-state index in [4.69, 9.17) is 10.5 Å². The van der Waals surface area contributed by atoms with E-state index < -0.39 is 24.1 Å². The number of rotatable bonds is 2. The van der Waals surface area contributed by atoms with Gasteiger partial charge in [0.15, 0.2) is 0 Å². The Bertz CT molecular complexity index is 483. The smallest absolute Gasteiger partial charge is 0.410 e. The zero-order valence-corrected chi connectivity index (χ0v) is 12.5. The molecule has 0 bridgehead atoms. The van der Waals surface area contributed by atoms with Gasteiger partial charge in [-0.2, -0.15) is 0 Å². The van der Waals surface area contributed by atoms with Crippen molar-refractivity contribution in [1.82, 2.24) is 4.90 Å². The third kappa shape index (κ3) is 4.04. The Morgan fingerprint density at radius 2 is 2.00 bits per heavy atom. The second-order valence-electron chi connectivity index (χ2n) is 5.33. The number of halogens is 3. The van der Waals surface area contributed by atoms with Gasteiger partial charge in [-0.25, -0.2) is 13.6 Å². The highest BCUT2D eigenvalue weighted by molar-refractivity contribution is 5.85. The number of ether oxygens (including phenoxy) is 1. The van der Waals surface area contributed by atoms with Crippen molar-refractivity contribution in [1.29, 1.82) is 0 Å². The van der Waals surface area contributed by atoms with E-state index in [9.17, 15) is 13.6 Å². The highest BCUT2D eigenvalue weighted by Gasteiger charge is 2.52. The van der Waals surface area contributed by atoms with Crippen LogP contribution in [0.25, 0.3) is 0 Å². The second-order valence-corrected chi connectivity index (χ2v) is 5.33. The molecule has 1 amide bonds. The Balaban J connectivity index is 0.00000220. The van der Waals surface area contributed by atoms with Crippen LogP contribution in [-0.4, -0.2) is 35.5 Å². The zero-order valence-electron chi connectivity index (χ0n) is 11.7. The predicted octanol–water partition coefficient (Wildman–Crippen LogP) is 2.80. The molecule has 1 fully saturated rings. The quantitative estimate of drug-likeness (QED) is 0.911. The predicted molar refractivity (Wildman–Crippen MR) is 77.6 cm³/mol. The van der Waals surface area contributed by atoms with E-state index >= 15 is 0 Å². The van der Waals surface area contributed by atoms with Gasteiger partial charge in [0.05, 0.1) is 12.1 Å². The van der Waals surface area contributed by atoms with Gasteiger partial charge in [-0.05, 0) is 18.9 Å². The maximum Gasteiger partial charge on any atom is 0.410 e. The fourth-order valence-corrected chi connectivity index (χ4v) is 2.02. The first-order valence-corrected chi connectivity index (χ1v) is 6.44. The van der Waals surface area contributed by atoms with Crippen LogP contribution in [0.15, 0.2) is 30.3 Å². The van der Waals surface area contributed by atoms with E-state index in [0.717, 1.165) is 10.5 Å². The number of carbonyl (C=O) groups is 1. The van der Waals surface area contributed by atoms with Crippen LogP contribution in [0.1, 0.15) is 18.9 Å². The molecular weight excluding hydrogens is 302 g/mol. The average Bonchev–Trinajstić information content (AvgIpc) is 2.40. The zero-order chi connectivity index (χ0) is 14.8. The van der Waals surface area contributed by atoms with Crippen LogP contribution in [0, 0.1) is 0 Å². The number of piperidine rings is 1. The molecule has 2 N–H and O–H groups in total. The summed E-state index contributed by atoms with van der Waals surface area (Å²) in [7, 11) is 0. The summed E-state index contributed by atoms with van der Waals surface area (Å²) < 4.78 is 32.6. The Hall–Kier alpha value is -1.40. The molecule has 1 unspecified atom stereocenters. The summed E-state index contributed by atoms with van der Waals surface area (Å²) in [6.45, 7) is 0.852. The van der Waals surface area contributed by atoms with Crippen molar-refractivity contribution in [3.8, 4) is 0 Å². The van der Waals surface area contributed by atoms with Gasteiger partial charge in [0.1, 0.15) is 6.61 Å². The van der Waals surface area contributed by atoms with Crippen LogP contribution in [0.3, 0.4) is 0 Å². The van der Waals surface area contributed by atoms with E-state index in [2.05, 4.69) is 0 Å². The number of hydrogen-bond acceptors (Lipinski definition) is 3. The molecule has 1 aromatic rings. The van der Waals surface area contributed by atoms with Crippen LogP contribution in [0.4, 0.5) is 13.6 Å². The molecule has 7 heteroatoms. The molecule has 0 aliphatic carbocycles. The van der Waals surface area contributed by atoms with E-state index in [1.165, 1.54) is 6.92 Å². The number of nitrogens with two attached hydrogens (primary N) is 1. The topological polar surface area (TPSA) is 55.6 Å². The SMILES string of the molecule is CC1(N)CCN(C(=O)OCc2ccccc2)CC1(F)F.Cl. The highest BCUT2D eigenvalue weighted by Crippen LogP contribution is 2.34. The van der Waals surface area contributed by atoms with Crippen molar-refractivity contribution >= 4 is 18.5 Å². The average molecular weight is 321 g/mol. The standard InChI is InChI=1S/C14H18F2N2O2.ClH/c1-13(17)7-8-18(10-14(13,15)16)12(19)20-9-11-5-3-2-4-6-11;/h2-6H,7-10,17H2,1H3;1H. The van der Waals surface area contributed by atoms with Crippen LogP contribution in [0.5, 0.6) is 0 Å². The third-order valence-electron chi connectivity index (χ3n) is 3.59. The highest BCUT2D eigenvalue weighted by atomic mass is 35.5. The first-order valence-electron chi connectivity index (χ1n) is 6.44. The van der Waals surface area contributed by atoms with Crippen molar-refractivity contribution < 1.29 is 18.3 Å². The molecule has 0 spiro atoms. The molecule has 2 rings (SSSR count). The molecule has 0 aromatic heterocycles. The first kappa shape index (κ1) is 17.7. The van der Waals surface area contributed by atoms with E-state index in [1.54, 1.807) is 12.1 Å². The Morgan fingerprint density at radius 1 is 1.38 bits per heavy atom. The molecule has 1 aliphatic heterocycles. The van der Waals surface area contributed by atoms with Crippen LogP contribution in [-0.2, 0) is 11.3 Å². The number of nitrogens with zero attached hydrogens (tertiary/aromatic N) is 1. The number of amides is 1. The molecule has 21 heavy (non-hydrogen) atoms. The molecule has 0 saturated carbocycles. The summed E-state index contributed by atoms with van der Waals surface area (Å²) in [5.41, 5.74) is 4.79. The van der Waals surface area contributed by atoms with Crippen LogP contribution in [0.2, 0.25) is 0 Å². The largest absolute Gasteiger partial charge is 0.445 e. The third-order valence-corrected chi connectivity index (χ3v) is 3.59. The molecule has 1 aliphatic rings. The van der Waals surface area contributed by atoms with Crippen molar-refractivity contribution in [3.63, 3.8) is 0 Å². The first-order chi connectivity index (χ1) is 9.32. The Labute approximate surface area is 128 Å². The fourth-order valence-electron chi connectivity index (χ4n) is 2.02. The molecule has 0 radical (unpaired) electrons. The van der Waals surface area contributed by atoms with Crippen molar-refractivity contribution in [2.24, 2.45) is 5.73 Å². The summed E-state index contributed by atoms with van der Waals surface area (Å²) in [4.78, 5) is 12.8. The summed E-state index contributed by atoms with van der Waals surface area (Å²) in [5.74, 6) is -3.11. The number of hydrogen-bond donors (Lipinski definition) is 1. The maximum absolute atomic E-state index is 13.8. The van der Waals surface area contributed by atoms with Gasteiger partial charge in [0.25, 0.3) is 5.92 Å². The Kier molecular flexibility index (Phi) is 5.53. The monoisotopic (exact) mass is 320 g/mol. The van der Waals surface area contributed by atoms with E-state index in [0.29, 0.717) is 0 Å². The minimum Gasteiger partial charge on any atom is -0.445 e.